The topological polar surface area (TPSA) is 88.2 Å². The maximum absolute atomic E-state index is 11.3. The molecule has 1 heterocycles. The second-order valence-electron chi connectivity index (χ2n) is 3.72. The molecule has 0 fully saturated rings. The second kappa shape index (κ2) is 6.22. The number of hydrogen-bond acceptors (Lipinski definition) is 5. The maximum atomic E-state index is 11.3. The molecule has 1 amide bonds. The molecule has 2 N–H and O–H groups in total. The Hall–Kier alpha value is -1.43. The zero-order valence-electron chi connectivity index (χ0n) is 9.56. The minimum Gasteiger partial charge on any atom is -0.393 e. The molecule has 6 heteroatoms. The van der Waals surface area contributed by atoms with Gasteiger partial charge in [0.05, 0.1) is 6.10 Å². The van der Waals surface area contributed by atoms with E-state index in [2.05, 4.69) is 15.5 Å². The number of aryl methyl sites for hydroxylation is 1. The molecule has 0 aliphatic rings. The van der Waals surface area contributed by atoms with Gasteiger partial charge in [0.2, 0.25) is 11.8 Å². The molecule has 0 saturated heterocycles. The molecule has 1 aromatic heterocycles. The summed E-state index contributed by atoms with van der Waals surface area (Å²) in [5.41, 5.74) is 0. The Morgan fingerprint density at radius 3 is 2.94 bits per heavy atom. The first-order valence-corrected chi connectivity index (χ1v) is 5.32. The predicted molar refractivity (Wildman–Crippen MR) is 56.7 cm³/mol. The lowest BCUT2D eigenvalue weighted by molar-refractivity contribution is -0.121. The van der Waals surface area contributed by atoms with E-state index >= 15 is 0 Å². The van der Waals surface area contributed by atoms with Gasteiger partial charge in [0.15, 0.2) is 5.82 Å². The molecule has 0 aliphatic carbocycles. The smallest absolute Gasteiger partial charge is 0.228 e. The molecule has 1 rings (SSSR count). The number of nitrogens with one attached hydrogen (secondary N) is 1. The van der Waals surface area contributed by atoms with Crippen molar-refractivity contribution in [1.82, 2.24) is 15.5 Å². The first kappa shape index (κ1) is 12.6. The number of amides is 1. The monoisotopic (exact) mass is 227 g/mol. The van der Waals surface area contributed by atoms with E-state index in [-0.39, 0.29) is 5.91 Å². The third kappa shape index (κ3) is 4.88. The van der Waals surface area contributed by atoms with Gasteiger partial charge in [-0.2, -0.15) is 4.98 Å². The van der Waals surface area contributed by atoms with Gasteiger partial charge in [-0.3, -0.25) is 4.79 Å². The van der Waals surface area contributed by atoms with Gasteiger partial charge < -0.3 is 14.9 Å². The van der Waals surface area contributed by atoms with Crippen LogP contribution in [0, 0.1) is 6.92 Å². The molecule has 16 heavy (non-hydrogen) atoms. The first-order valence-electron chi connectivity index (χ1n) is 5.32. The minimum atomic E-state index is -0.440. The van der Waals surface area contributed by atoms with E-state index < -0.39 is 6.10 Å². The SMILES string of the molecule is Cc1noc(CCNC(=O)CCC(C)O)n1. The van der Waals surface area contributed by atoms with Crippen LogP contribution in [0.25, 0.3) is 0 Å². The third-order valence-corrected chi connectivity index (χ3v) is 2.02. The van der Waals surface area contributed by atoms with Gasteiger partial charge in [0.25, 0.3) is 0 Å². The molecule has 1 atom stereocenters. The highest BCUT2D eigenvalue weighted by atomic mass is 16.5. The third-order valence-electron chi connectivity index (χ3n) is 2.02. The number of aliphatic hydroxyl groups is 1. The number of hydrogen-bond donors (Lipinski definition) is 2. The van der Waals surface area contributed by atoms with Crippen LogP contribution in [0.15, 0.2) is 4.52 Å². The van der Waals surface area contributed by atoms with Crippen molar-refractivity contribution in [2.24, 2.45) is 0 Å². The van der Waals surface area contributed by atoms with Crippen LogP contribution in [0.4, 0.5) is 0 Å². The summed E-state index contributed by atoms with van der Waals surface area (Å²) in [5, 5.41) is 15.4. The molecule has 0 aliphatic heterocycles. The molecule has 0 aromatic carbocycles. The van der Waals surface area contributed by atoms with Crippen LogP contribution in [-0.4, -0.2) is 33.8 Å². The Labute approximate surface area is 94.0 Å². The van der Waals surface area contributed by atoms with Crippen molar-refractivity contribution in [1.29, 1.82) is 0 Å². The number of rotatable bonds is 6. The van der Waals surface area contributed by atoms with E-state index in [4.69, 9.17) is 9.63 Å². The number of carbonyl (C=O) groups is 1. The molecule has 0 spiro atoms. The predicted octanol–water partition coefficient (Wildman–Crippen LogP) is 0.198. The van der Waals surface area contributed by atoms with Crippen molar-refractivity contribution in [3.8, 4) is 0 Å². The Morgan fingerprint density at radius 1 is 1.62 bits per heavy atom. The van der Waals surface area contributed by atoms with Gasteiger partial charge in [-0.15, -0.1) is 0 Å². The second-order valence-corrected chi connectivity index (χ2v) is 3.72. The van der Waals surface area contributed by atoms with Crippen LogP contribution in [0.5, 0.6) is 0 Å². The van der Waals surface area contributed by atoms with Crippen molar-refractivity contribution >= 4 is 5.91 Å². The lowest BCUT2D eigenvalue weighted by atomic mass is 10.2. The lowest BCUT2D eigenvalue weighted by Crippen LogP contribution is -2.26. The molecule has 90 valence electrons. The Morgan fingerprint density at radius 2 is 2.38 bits per heavy atom. The number of nitrogens with zero attached hydrogens (tertiary/aromatic N) is 2. The fraction of sp³-hybridized carbons (Fsp3) is 0.700. The summed E-state index contributed by atoms with van der Waals surface area (Å²) in [4.78, 5) is 15.3. The molecule has 0 radical (unpaired) electrons. The van der Waals surface area contributed by atoms with Crippen LogP contribution >= 0.6 is 0 Å². The van der Waals surface area contributed by atoms with Gasteiger partial charge in [-0.25, -0.2) is 0 Å². The van der Waals surface area contributed by atoms with Crippen molar-refractivity contribution < 1.29 is 14.4 Å². The summed E-state index contributed by atoms with van der Waals surface area (Å²) in [6.45, 7) is 3.88. The zero-order valence-corrected chi connectivity index (χ0v) is 9.56. The summed E-state index contributed by atoms with van der Waals surface area (Å²) < 4.78 is 4.89. The Balaban J connectivity index is 2.13. The quantitative estimate of drug-likeness (QED) is 0.724. The highest BCUT2D eigenvalue weighted by molar-refractivity contribution is 5.75. The molecule has 6 nitrogen and oxygen atoms in total. The summed E-state index contributed by atoms with van der Waals surface area (Å²) in [5.74, 6) is 1.04. The largest absolute Gasteiger partial charge is 0.393 e. The average molecular weight is 227 g/mol. The van der Waals surface area contributed by atoms with Crippen LogP contribution in [0.1, 0.15) is 31.5 Å². The van der Waals surface area contributed by atoms with Crippen molar-refractivity contribution in [3.05, 3.63) is 11.7 Å². The van der Waals surface area contributed by atoms with E-state index in [1.807, 2.05) is 0 Å². The van der Waals surface area contributed by atoms with Gasteiger partial charge in [0.1, 0.15) is 0 Å². The Bertz CT molecular complexity index is 336. The molecule has 1 aromatic rings. The highest BCUT2D eigenvalue weighted by Gasteiger charge is 2.05. The number of aromatic nitrogens is 2. The zero-order chi connectivity index (χ0) is 12.0. The van der Waals surface area contributed by atoms with Crippen LogP contribution in [0.3, 0.4) is 0 Å². The molecular formula is C10H17N3O3. The average Bonchev–Trinajstić information content (AvgIpc) is 2.61. The van der Waals surface area contributed by atoms with Crippen molar-refractivity contribution in [2.75, 3.05) is 6.54 Å². The fourth-order valence-electron chi connectivity index (χ4n) is 1.18. The van der Waals surface area contributed by atoms with Crippen LogP contribution in [-0.2, 0) is 11.2 Å². The number of carbonyl (C=O) groups excluding carboxylic acids is 1. The summed E-state index contributed by atoms with van der Waals surface area (Å²) >= 11 is 0. The summed E-state index contributed by atoms with van der Waals surface area (Å²) in [7, 11) is 0. The van der Waals surface area contributed by atoms with E-state index in [1.165, 1.54) is 0 Å². The maximum Gasteiger partial charge on any atom is 0.228 e. The lowest BCUT2D eigenvalue weighted by Gasteiger charge is -2.04. The fourth-order valence-corrected chi connectivity index (χ4v) is 1.18. The normalized spacial score (nSPS) is 12.4. The first-order chi connectivity index (χ1) is 7.58. The molecular weight excluding hydrogens is 210 g/mol. The van der Waals surface area contributed by atoms with E-state index in [1.54, 1.807) is 13.8 Å². The molecule has 0 saturated carbocycles. The summed E-state index contributed by atoms with van der Waals surface area (Å²) in [6, 6.07) is 0. The van der Waals surface area contributed by atoms with E-state index in [9.17, 15) is 4.79 Å². The van der Waals surface area contributed by atoms with Crippen LogP contribution in [0.2, 0.25) is 0 Å². The minimum absolute atomic E-state index is 0.0721. The Kier molecular flexibility index (Phi) is 4.91. The van der Waals surface area contributed by atoms with E-state index in [0.29, 0.717) is 37.5 Å². The van der Waals surface area contributed by atoms with Gasteiger partial charge in [0, 0.05) is 19.4 Å². The van der Waals surface area contributed by atoms with Crippen molar-refractivity contribution in [3.63, 3.8) is 0 Å². The van der Waals surface area contributed by atoms with Gasteiger partial charge in [-0.05, 0) is 20.3 Å². The van der Waals surface area contributed by atoms with Crippen LogP contribution < -0.4 is 5.32 Å². The van der Waals surface area contributed by atoms with Crippen molar-refractivity contribution in [2.45, 2.75) is 39.2 Å². The molecule has 0 bridgehead atoms. The molecule has 1 unspecified atom stereocenters. The number of aliphatic hydroxyl groups excluding tert-OH is 1. The van der Waals surface area contributed by atoms with E-state index in [0.717, 1.165) is 0 Å². The standard InChI is InChI=1S/C10H17N3O3/c1-7(14)3-4-9(15)11-6-5-10-12-8(2)13-16-10/h7,14H,3-6H2,1-2H3,(H,11,15). The highest BCUT2D eigenvalue weighted by Crippen LogP contribution is 1.97. The van der Waals surface area contributed by atoms with Gasteiger partial charge >= 0.3 is 0 Å². The van der Waals surface area contributed by atoms with Gasteiger partial charge in [-0.1, -0.05) is 5.16 Å². The summed E-state index contributed by atoms with van der Waals surface area (Å²) in [6.07, 6.45) is 0.900.